The minimum absolute atomic E-state index is 0.0780. The maximum absolute atomic E-state index is 11.2. The third-order valence-corrected chi connectivity index (χ3v) is 3.40. The highest BCUT2D eigenvalue weighted by atomic mass is 32.2. The molecular weight excluding hydrogens is 252 g/mol. The first-order valence-corrected chi connectivity index (χ1v) is 7.04. The van der Waals surface area contributed by atoms with Crippen LogP contribution >= 0.6 is 11.8 Å². The molecule has 0 aliphatic rings. The second kappa shape index (κ2) is 7.92. The lowest BCUT2D eigenvalue weighted by Gasteiger charge is -2.10. The number of carbonyl (C=O) groups is 1. The van der Waals surface area contributed by atoms with Crippen LogP contribution in [-0.4, -0.2) is 26.4 Å². The van der Waals surface area contributed by atoms with Gasteiger partial charge in [-0.3, -0.25) is 9.59 Å². The number of aromatic nitrogens is 2. The largest absolute Gasteiger partial charge is 0.481 e. The van der Waals surface area contributed by atoms with Crippen LogP contribution in [0.5, 0.6) is 0 Å². The summed E-state index contributed by atoms with van der Waals surface area (Å²) in [4.78, 5) is 25.6. The fourth-order valence-electron chi connectivity index (χ4n) is 1.53. The summed E-state index contributed by atoms with van der Waals surface area (Å²) < 4.78 is 1.85. The van der Waals surface area contributed by atoms with E-state index >= 15 is 0 Å². The molecule has 5 nitrogen and oxygen atoms in total. The Balaban J connectivity index is 2.64. The van der Waals surface area contributed by atoms with Gasteiger partial charge >= 0.3 is 5.97 Å². The zero-order valence-electron chi connectivity index (χ0n) is 10.5. The fourth-order valence-corrected chi connectivity index (χ4v) is 2.26. The second-order valence-electron chi connectivity index (χ2n) is 3.98. The van der Waals surface area contributed by atoms with Gasteiger partial charge in [0.15, 0.2) is 5.16 Å². The van der Waals surface area contributed by atoms with Crippen molar-refractivity contribution in [2.75, 3.05) is 5.75 Å². The van der Waals surface area contributed by atoms with Crippen LogP contribution in [0.4, 0.5) is 0 Å². The number of thioether (sulfide) groups is 1. The van der Waals surface area contributed by atoms with Gasteiger partial charge < -0.3 is 9.67 Å². The first-order valence-electron chi connectivity index (χ1n) is 6.05. The number of hydrogen-bond donors (Lipinski definition) is 1. The third kappa shape index (κ3) is 5.35. The van der Waals surface area contributed by atoms with Crippen LogP contribution in [-0.2, 0) is 11.3 Å². The molecule has 0 spiro atoms. The topological polar surface area (TPSA) is 72.2 Å². The lowest BCUT2D eigenvalue weighted by Crippen LogP contribution is -2.14. The molecule has 100 valence electrons. The second-order valence-corrected chi connectivity index (χ2v) is 4.93. The van der Waals surface area contributed by atoms with E-state index in [9.17, 15) is 9.59 Å². The van der Waals surface area contributed by atoms with E-state index in [-0.39, 0.29) is 11.3 Å². The monoisotopic (exact) mass is 270 g/mol. The molecule has 1 rings (SSSR count). The first kappa shape index (κ1) is 14.8. The third-order valence-electron chi connectivity index (χ3n) is 2.43. The average molecular weight is 270 g/mol. The Bertz CT molecular complexity index is 445. The van der Waals surface area contributed by atoms with Crippen molar-refractivity contribution in [1.29, 1.82) is 0 Å². The van der Waals surface area contributed by atoms with Crippen LogP contribution in [0, 0.1) is 0 Å². The van der Waals surface area contributed by atoms with Crippen molar-refractivity contribution in [3.05, 3.63) is 22.6 Å². The zero-order chi connectivity index (χ0) is 13.4. The van der Waals surface area contributed by atoms with Gasteiger partial charge in [0.1, 0.15) is 0 Å². The van der Waals surface area contributed by atoms with Gasteiger partial charge in [0.05, 0.1) is 5.75 Å². The van der Waals surface area contributed by atoms with Crippen LogP contribution in [0.1, 0.15) is 32.6 Å². The van der Waals surface area contributed by atoms with Crippen LogP contribution in [0.2, 0.25) is 0 Å². The molecule has 0 saturated carbocycles. The van der Waals surface area contributed by atoms with E-state index in [1.807, 2.05) is 4.57 Å². The van der Waals surface area contributed by atoms with Gasteiger partial charge in [-0.15, -0.1) is 0 Å². The minimum Gasteiger partial charge on any atom is -0.481 e. The molecule has 0 saturated heterocycles. The molecule has 0 unspecified atom stereocenters. The van der Waals surface area contributed by atoms with Crippen molar-refractivity contribution in [3.8, 4) is 0 Å². The number of unbranched alkanes of at least 4 members (excludes halogenated alkanes) is 3. The van der Waals surface area contributed by atoms with Crippen molar-refractivity contribution < 1.29 is 9.90 Å². The fraction of sp³-hybridized carbons (Fsp3) is 0.583. The summed E-state index contributed by atoms with van der Waals surface area (Å²) in [5.74, 6) is -0.985. The van der Waals surface area contributed by atoms with Gasteiger partial charge in [0.25, 0.3) is 5.56 Å². The van der Waals surface area contributed by atoms with Crippen molar-refractivity contribution in [2.45, 2.75) is 44.3 Å². The Morgan fingerprint density at radius 1 is 1.44 bits per heavy atom. The van der Waals surface area contributed by atoms with E-state index in [0.717, 1.165) is 31.1 Å². The smallest absolute Gasteiger partial charge is 0.313 e. The molecule has 6 heteroatoms. The molecule has 0 bridgehead atoms. The number of rotatable bonds is 8. The summed E-state index contributed by atoms with van der Waals surface area (Å²) in [7, 11) is 0. The molecule has 0 aliphatic heterocycles. The molecule has 0 amide bonds. The number of aryl methyl sites for hydroxylation is 1. The molecular formula is C12H18N2O3S. The van der Waals surface area contributed by atoms with Gasteiger partial charge in [0, 0.05) is 18.8 Å². The molecule has 0 atom stereocenters. The highest BCUT2D eigenvalue weighted by Gasteiger charge is 2.06. The highest BCUT2D eigenvalue weighted by Crippen LogP contribution is 2.14. The highest BCUT2D eigenvalue weighted by molar-refractivity contribution is 7.99. The Labute approximate surface area is 110 Å². The van der Waals surface area contributed by atoms with Gasteiger partial charge in [-0.05, 0) is 6.42 Å². The Hall–Kier alpha value is -1.30. The molecule has 0 fully saturated rings. The summed E-state index contributed by atoms with van der Waals surface area (Å²) in [6.45, 7) is 2.92. The number of carboxylic acids is 1. The summed E-state index contributed by atoms with van der Waals surface area (Å²) in [6.07, 6.45) is 6.18. The molecule has 1 N–H and O–H groups in total. The molecule has 18 heavy (non-hydrogen) atoms. The van der Waals surface area contributed by atoms with Gasteiger partial charge in [-0.2, -0.15) is 4.98 Å². The zero-order valence-corrected chi connectivity index (χ0v) is 11.3. The Morgan fingerprint density at radius 3 is 2.89 bits per heavy atom. The Morgan fingerprint density at radius 2 is 2.22 bits per heavy atom. The molecule has 1 aromatic rings. The van der Waals surface area contributed by atoms with Gasteiger partial charge in [-0.25, -0.2) is 0 Å². The number of aliphatic carboxylic acids is 1. The van der Waals surface area contributed by atoms with Crippen LogP contribution in [0.3, 0.4) is 0 Å². The predicted molar refractivity (Wildman–Crippen MR) is 71.0 cm³/mol. The van der Waals surface area contributed by atoms with Crippen LogP contribution < -0.4 is 5.56 Å². The summed E-state index contributed by atoms with van der Waals surface area (Å²) in [5, 5.41) is 9.13. The number of carboxylic acid groups (broad SMARTS) is 1. The lowest BCUT2D eigenvalue weighted by molar-refractivity contribution is -0.133. The SMILES string of the molecule is CCCCCCn1ccc(=O)nc1SCC(=O)O. The van der Waals surface area contributed by atoms with E-state index in [0.29, 0.717) is 5.16 Å². The number of hydrogen-bond acceptors (Lipinski definition) is 4. The summed E-state index contributed by atoms with van der Waals surface area (Å²) >= 11 is 1.09. The standard InChI is InChI=1S/C12H18N2O3S/c1-2-3-4-5-7-14-8-6-10(15)13-12(14)18-9-11(16)17/h6,8H,2-5,7,9H2,1H3,(H,16,17). The van der Waals surface area contributed by atoms with E-state index in [1.165, 1.54) is 18.9 Å². The van der Waals surface area contributed by atoms with Crippen molar-refractivity contribution in [2.24, 2.45) is 0 Å². The maximum Gasteiger partial charge on any atom is 0.313 e. The van der Waals surface area contributed by atoms with Gasteiger partial charge in [-0.1, -0.05) is 37.9 Å². The lowest BCUT2D eigenvalue weighted by atomic mass is 10.2. The molecule has 0 aliphatic carbocycles. The number of nitrogens with zero attached hydrogens (tertiary/aromatic N) is 2. The summed E-state index contributed by atoms with van der Waals surface area (Å²) in [6, 6.07) is 1.41. The van der Waals surface area contributed by atoms with E-state index < -0.39 is 5.97 Å². The normalized spacial score (nSPS) is 10.5. The van der Waals surface area contributed by atoms with Crippen LogP contribution in [0.15, 0.2) is 22.2 Å². The summed E-state index contributed by atoms with van der Waals surface area (Å²) in [5.41, 5.74) is -0.326. The Kier molecular flexibility index (Phi) is 6.49. The predicted octanol–water partition coefficient (Wildman–Crippen LogP) is 2.00. The molecule has 0 aromatic carbocycles. The van der Waals surface area contributed by atoms with E-state index in [2.05, 4.69) is 11.9 Å². The minimum atomic E-state index is -0.907. The quantitative estimate of drug-likeness (QED) is 0.444. The average Bonchev–Trinajstić information content (AvgIpc) is 2.34. The van der Waals surface area contributed by atoms with Crippen molar-refractivity contribution in [3.63, 3.8) is 0 Å². The van der Waals surface area contributed by atoms with Crippen molar-refractivity contribution in [1.82, 2.24) is 9.55 Å². The van der Waals surface area contributed by atoms with E-state index in [1.54, 1.807) is 6.20 Å². The van der Waals surface area contributed by atoms with Crippen molar-refractivity contribution >= 4 is 17.7 Å². The van der Waals surface area contributed by atoms with Crippen LogP contribution in [0.25, 0.3) is 0 Å². The molecule has 0 radical (unpaired) electrons. The van der Waals surface area contributed by atoms with E-state index in [4.69, 9.17) is 5.11 Å². The molecule has 1 heterocycles. The molecule has 1 aromatic heterocycles. The first-order chi connectivity index (χ1) is 8.63. The maximum atomic E-state index is 11.2. The van der Waals surface area contributed by atoms with Gasteiger partial charge in [0.2, 0.25) is 0 Å².